The summed E-state index contributed by atoms with van der Waals surface area (Å²) in [5.41, 5.74) is 0. The molecule has 1 heterocycles. The van der Waals surface area contributed by atoms with Crippen LogP contribution < -0.4 is 15.4 Å². The Labute approximate surface area is 131 Å². The fraction of sp³-hybridized carbons (Fsp3) is 0.600. The molecule has 2 rings (SSSR count). The van der Waals surface area contributed by atoms with E-state index in [1.165, 1.54) is 19.3 Å². The fourth-order valence-corrected chi connectivity index (χ4v) is 3.24. The number of pyridine rings is 1. The highest BCUT2D eigenvalue weighted by Gasteiger charge is 2.24. The van der Waals surface area contributed by atoms with Gasteiger partial charge in [0.25, 0.3) is 0 Å². The lowest BCUT2D eigenvalue weighted by atomic mass is 10.2. The van der Waals surface area contributed by atoms with E-state index in [4.69, 9.17) is 4.74 Å². The van der Waals surface area contributed by atoms with Crippen LogP contribution in [0.15, 0.2) is 29.5 Å². The molecule has 1 fully saturated rings. The van der Waals surface area contributed by atoms with Gasteiger partial charge in [0.2, 0.25) is 0 Å². The lowest BCUT2D eigenvalue weighted by Gasteiger charge is -2.17. The summed E-state index contributed by atoms with van der Waals surface area (Å²) < 4.78 is 5.59. The van der Waals surface area contributed by atoms with Crippen LogP contribution in [0.25, 0.3) is 0 Å². The van der Waals surface area contributed by atoms with Crippen LogP contribution in [0.2, 0.25) is 0 Å². The molecule has 0 aliphatic heterocycles. The molecule has 0 aromatic carbocycles. The van der Waals surface area contributed by atoms with Gasteiger partial charge in [0.05, 0.1) is 12.7 Å². The maximum absolute atomic E-state index is 5.59. The summed E-state index contributed by atoms with van der Waals surface area (Å²) in [6.45, 7) is 1.30. The van der Waals surface area contributed by atoms with Gasteiger partial charge in [0.15, 0.2) is 5.96 Å². The molecule has 1 aliphatic carbocycles. The third-order valence-corrected chi connectivity index (χ3v) is 4.67. The van der Waals surface area contributed by atoms with Crippen LogP contribution in [0, 0.1) is 0 Å². The van der Waals surface area contributed by atoms with Gasteiger partial charge in [-0.3, -0.25) is 9.98 Å². The molecule has 21 heavy (non-hydrogen) atoms. The van der Waals surface area contributed by atoms with Gasteiger partial charge in [0.1, 0.15) is 12.4 Å². The van der Waals surface area contributed by atoms with Crippen molar-refractivity contribution in [3.05, 3.63) is 24.5 Å². The van der Waals surface area contributed by atoms with E-state index >= 15 is 0 Å². The van der Waals surface area contributed by atoms with Crippen molar-refractivity contribution in [2.45, 2.75) is 30.6 Å². The second-order valence-electron chi connectivity index (χ2n) is 5.05. The largest absolute Gasteiger partial charge is 0.490 e. The molecule has 5 nitrogen and oxygen atoms in total. The summed E-state index contributed by atoms with van der Waals surface area (Å²) in [7, 11) is 1.80. The number of hydrogen-bond acceptors (Lipinski definition) is 4. The van der Waals surface area contributed by atoms with Crippen molar-refractivity contribution in [1.29, 1.82) is 0 Å². The first kappa shape index (κ1) is 15.9. The van der Waals surface area contributed by atoms with E-state index in [9.17, 15) is 0 Å². The molecule has 0 amide bonds. The Morgan fingerprint density at radius 2 is 2.43 bits per heavy atom. The Kier molecular flexibility index (Phi) is 6.66. The molecule has 2 unspecified atom stereocenters. The number of guanidine groups is 1. The molecule has 1 aromatic heterocycles. The molecular weight excluding hydrogens is 284 g/mol. The molecule has 1 aliphatic rings. The zero-order valence-corrected chi connectivity index (χ0v) is 13.5. The molecule has 6 heteroatoms. The summed E-state index contributed by atoms with van der Waals surface area (Å²) in [6, 6.07) is 4.31. The van der Waals surface area contributed by atoms with E-state index in [1.54, 1.807) is 19.4 Å². The van der Waals surface area contributed by atoms with Gasteiger partial charge >= 0.3 is 0 Å². The zero-order valence-electron chi connectivity index (χ0n) is 12.7. The molecule has 0 saturated heterocycles. The van der Waals surface area contributed by atoms with Crippen LogP contribution in [-0.4, -0.2) is 48.7 Å². The quantitative estimate of drug-likeness (QED) is 0.478. The van der Waals surface area contributed by atoms with Gasteiger partial charge in [-0.2, -0.15) is 11.8 Å². The van der Waals surface area contributed by atoms with Gasteiger partial charge in [-0.15, -0.1) is 0 Å². The van der Waals surface area contributed by atoms with Gasteiger partial charge in [0, 0.05) is 24.5 Å². The number of ether oxygens (including phenoxy) is 1. The molecule has 1 saturated carbocycles. The Hall–Kier alpha value is -1.43. The van der Waals surface area contributed by atoms with Crippen LogP contribution >= 0.6 is 11.8 Å². The standard InChI is InChI=1S/C15H24N4OS/c1-16-15(19-12-5-6-14(10-12)21-2)18-8-9-20-13-4-3-7-17-11-13/h3-4,7,11-12,14H,5-6,8-10H2,1-2H3,(H2,16,18,19). The van der Waals surface area contributed by atoms with Crippen LogP contribution in [0.1, 0.15) is 19.3 Å². The van der Waals surface area contributed by atoms with Crippen LogP contribution in [-0.2, 0) is 0 Å². The highest BCUT2D eigenvalue weighted by atomic mass is 32.2. The van der Waals surface area contributed by atoms with Gasteiger partial charge in [-0.25, -0.2) is 0 Å². The van der Waals surface area contributed by atoms with Crippen molar-refractivity contribution < 1.29 is 4.74 Å². The van der Waals surface area contributed by atoms with Crippen molar-refractivity contribution in [3.63, 3.8) is 0 Å². The minimum absolute atomic E-state index is 0.535. The maximum atomic E-state index is 5.59. The number of thioether (sulfide) groups is 1. The Bertz CT molecular complexity index is 441. The van der Waals surface area contributed by atoms with E-state index < -0.39 is 0 Å². The average Bonchev–Trinajstić information content (AvgIpc) is 2.99. The number of aromatic nitrogens is 1. The molecule has 116 valence electrons. The zero-order chi connectivity index (χ0) is 14.9. The average molecular weight is 308 g/mol. The van der Waals surface area contributed by atoms with Crippen LogP contribution in [0.3, 0.4) is 0 Å². The highest BCUT2D eigenvalue weighted by Crippen LogP contribution is 2.27. The number of hydrogen-bond donors (Lipinski definition) is 2. The Morgan fingerprint density at radius 1 is 1.52 bits per heavy atom. The lowest BCUT2D eigenvalue weighted by Crippen LogP contribution is -2.43. The Morgan fingerprint density at radius 3 is 3.10 bits per heavy atom. The van der Waals surface area contributed by atoms with Crippen LogP contribution in [0.4, 0.5) is 0 Å². The number of aliphatic imine (C=N–C) groups is 1. The smallest absolute Gasteiger partial charge is 0.191 e. The molecular formula is C15H24N4OS. The van der Waals surface area contributed by atoms with Crippen molar-refractivity contribution in [2.24, 2.45) is 4.99 Å². The maximum Gasteiger partial charge on any atom is 0.191 e. The third-order valence-electron chi connectivity index (χ3n) is 3.58. The van der Waals surface area contributed by atoms with Crippen molar-refractivity contribution in [3.8, 4) is 5.75 Å². The predicted molar refractivity (Wildman–Crippen MR) is 89.2 cm³/mol. The molecule has 0 bridgehead atoms. The fourth-order valence-electron chi connectivity index (χ4n) is 2.44. The predicted octanol–water partition coefficient (Wildman–Crippen LogP) is 1.91. The van der Waals surface area contributed by atoms with E-state index in [2.05, 4.69) is 26.9 Å². The summed E-state index contributed by atoms with van der Waals surface area (Å²) in [5, 5.41) is 7.56. The first-order chi connectivity index (χ1) is 10.3. The lowest BCUT2D eigenvalue weighted by molar-refractivity contribution is 0.320. The van der Waals surface area contributed by atoms with E-state index in [1.807, 2.05) is 23.9 Å². The summed E-state index contributed by atoms with van der Waals surface area (Å²) >= 11 is 1.96. The molecule has 2 atom stereocenters. The minimum Gasteiger partial charge on any atom is -0.490 e. The topological polar surface area (TPSA) is 58.5 Å². The van der Waals surface area contributed by atoms with E-state index in [0.717, 1.165) is 17.0 Å². The molecule has 1 aromatic rings. The van der Waals surface area contributed by atoms with E-state index in [0.29, 0.717) is 19.2 Å². The van der Waals surface area contributed by atoms with Gasteiger partial charge in [-0.05, 0) is 37.7 Å². The van der Waals surface area contributed by atoms with Gasteiger partial charge in [-0.1, -0.05) is 0 Å². The van der Waals surface area contributed by atoms with Crippen molar-refractivity contribution in [1.82, 2.24) is 15.6 Å². The van der Waals surface area contributed by atoms with Crippen molar-refractivity contribution >= 4 is 17.7 Å². The number of nitrogens with one attached hydrogen (secondary N) is 2. The second kappa shape index (κ2) is 8.77. The number of nitrogens with zero attached hydrogens (tertiary/aromatic N) is 2. The highest BCUT2D eigenvalue weighted by molar-refractivity contribution is 7.99. The van der Waals surface area contributed by atoms with E-state index in [-0.39, 0.29) is 0 Å². The Balaban J connectivity index is 1.64. The van der Waals surface area contributed by atoms with Gasteiger partial charge < -0.3 is 15.4 Å². The third kappa shape index (κ3) is 5.46. The number of rotatable bonds is 6. The monoisotopic (exact) mass is 308 g/mol. The first-order valence-electron chi connectivity index (χ1n) is 7.34. The van der Waals surface area contributed by atoms with Crippen molar-refractivity contribution in [2.75, 3.05) is 26.5 Å². The van der Waals surface area contributed by atoms with Crippen LogP contribution in [0.5, 0.6) is 5.75 Å². The first-order valence-corrected chi connectivity index (χ1v) is 8.63. The molecule has 2 N–H and O–H groups in total. The summed E-state index contributed by atoms with van der Waals surface area (Å²) in [4.78, 5) is 8.28. The second-order valence-corrected chi connectivity index (χ2v) is 6.19. The molecule has 0 radical (unpaired) electrons. The SMILES string of the molecule is CN=C(NCCOc1cccnc1)NC1CCC(SC)C1. The molecule has 0 spiro atoms. The minimum atomic E-state index is 0.535. The normalized spacial score (nSPS) is 22.1. The summed E-state index contributed by atoms with van der Waals surface area (Å²) in [6.07, 6.45) is 9.37. The summed E-state index contributed by atoms with van der Waals surface area (Å²) in [5.74, 6) is 1.65.